The molecule has 0 atom stereocenters. The van der Waals surface area contributed by atoms with Gasteiger partial charge in [-0.05, 0) is 36.1 Å². The molecule has 0 unspecified atom stereocenters. The molecule has 0 aliphatic carbocycles. The van der Waals surface area contributed by atoms with Crippen molar-refractivity contribution < 1.29 is 0 Å². The lowest BCUT2D eigenvalue weighted by Gasteiger charge is -2.06. The van der Waals surface area contributed by atoms with Crippen LogP contribution in [0.2, 0.25) is 0 Å². The Morgan fingerprint density at radius 1 is 1.19 bits per heavy atom. The zero-order valence-corrected chi connectivity index (χ0v) is 9.70. The molecule has 2 aromatic rings. The van der Waals surface area contributed by atoms with Gasteiger partial charge in [0.2, 0.25) is 0 Å². The molecule has 1 aromatic heterocycles. The molecular formula is C14H16N2. The van der Waals surface area contributed by atoms with Crippen molar-refractivity contribution in [2.24, 2.45) is 0 Å². The van der Waals surface area contributed by atoms with E-state index in [1.165, 1.54) is 5.56 Å². The molecule has 0 saturated carbocycles. The highest BCUT2D eigenvalue weighted by atomic mass is 14.8. The zero-order valence-electron chi connectivity index (χ0n) is 9.70. The number of hydrogen-bond acceptors (Lipinski definition) is 2. The smallest absolute Gasteiger partial charge is 0.131 e. The van der Waals surface area contributed by atoms with E-state index < -0.39 is 0 Å². The Balaban J connectivity index is 2.45. The third-order valence-corrected chi connectivity index (χ3v) is 2.73. The molecule has 0 fully saturated rings. The lowest BCUT2D eigenvalue weighted by molar-refractivity contribution is 1.14. The van der Waals surface area contributed by atoms with Crippen molar-refractivity contribution in [3.63, 3.8) is 0 Å². The van der Waals surface area contributed by atoms with Gasteiger partial charge >= 0.3 is 0 Å². The summed E-state index contributed by atoms with van der Waals surface area (Å²) in [6, 6.07) is 10.6. The average Bonchev–Trinajstić information content (AvgIpc) is 2.32. The first-order chi connectivity index (χ1) is 7.70. The van der Waals surface area contributed by atoms with Gasteiger partial charge in [-0.3, -0.25) is 0 Å². The quantitative estimate of drug-likeness (QED) is 0.830. The van der Waals surface area contributed by atoms with Crippen molar-refractivity contribution in [1.82, 2.24) is 4.98 Å². The molecule has 2 rings (SSSR count). The fourth-order valence-electron chi connectivity index (χ4n) is 1.73. The van der Waals surface area contributed by atoms with E-state index >= 15 is 0 Å². The van der Waals surface area contributed by atoms with E-state index in [0.29, 0.717) is 5.82 Å². The molecule has 0 aliphatic heterocycles. The molecule has 0 bridgehead atoms. The van der Waals surface area contributed by atoms with E-state index in [0.717, 1.165) is 23.1 Å². The maximum absolute atomic E-state index is 5.88. The highest BCUT2D eigenvalue weighted by molar-refractivity contribution is 5.74. The normalized spacial score (nSPS) is 10.4. The molecule has 16 heavy (non-hydrogen) atoms. The van der Waals surface area contributed by atoms with Gasteiger partial charge in [-0.2, -0.15) is 0 Å². The molecule has 1 aromatic carbocycles. The summed E-state index contributed by atoms with van der Waals surface area (Å²) in [5.41, 5.74) is 10.5. The highest BCUT2D eigenvalue weighted by Gasteiger charge is 2.03. The number of nitrogen functional groups attached to an aromatic ring is 1. The van der Waals surface area contributed by atoms with Crippen LogP contribution in [0.5, 0.6) is 0 Å². The third-order valence-electron chi connectivity index (χ3n) is 2.73. The van der Waals surface area contributed by atoms with Crippen LogP contribution in [-0.2, 0) is 6.42 Å². The van der Waals surface area contributed by atoms with Gasteiger partial charge in [0, 0.05) is 11.8 Å². The predicted octanol–water partition coefficient (Wildman–Crippen LogP) is 3.20. The second-order valence-corrected chi connectivity index (χ2v) is 4.00. The topological polar surface area (TPSA) is 38.9 Å². The Morgan fingerprint density at radius 3 is 2.50 bits per heavy atom. The van der Waals surface area contributed by atoms with E-state index in [9.17, 15) is 0 Å². The van der Waals surface area contributed by atoms with Gasteiger partial charge < -0.3 is 5.73 Å². The Kier molecular flexibility index (Phi) is 2.91. The van der Waals surface area contributed by atoms with Crippen molar-refractivity contribution in [3.05, 3.63) is 47.7 Å². The number of nitrogens with two attached hydrogens (primary N) is 1. The van der Waals surface area contributed by atoms with Crippen LogP contribution in [0.3, 0.4) is 0 Å². The van der Waals surface area contributed by atoms with E-state index in [4.69, 9.17) is 5.73 Å². The molecule has 2 nitrogen and oxygen atoms in total. The van der Waals surface area contributed by atoms with Crippen LogP contribution in [0, 0.1) is 6.92 Å². The zero-order chi connectivity index (χ0) is 11.5. The molecular weight excluding hydrogens is 196 g/mol. The maximum atomic E-state index is 5.88. The largest absolute Gasteiger partial charge is 0.383 e. The SMILES string of the molecule is CCc1ccc(-c2cc(C)cnc2N)cc1. The number of rotatable bonds is 2. The molecule has 0 radical (unpaired) electrons. The summed E-state index contributed by atoms with van der Waals surface area (Å²) < 4.78 is 0. The fraction of sp³-hybridized carbons (Fsp3) is 0.214. The minimum absolute atomic E-state index is 0.592. The Bertz CT molecular complexity index is 487. The summed E-state index contributed by atoms with van der Waals surface area (Å²) in [5, 5.41) is 0. The van der Waals surface area contributed by atoms with Gasteiger partial charge in [0.15, 0.2) is 0 Å². The number of benzene rings is 1. The standard InChI is InChI=1S/C14H16N2/c1-3-11-4-6-12(7-5-11)13-8-10(2)9-16-14(13)15/h4-9H,3H2,1-2H3,(H2,15,16). The summed E-state index contributed by atoms with van der Waals surface area (Å²) in [4.78, 5) is 4.18. The van der Waals surface area contributed by atoms with Gasteiger partial charge in [-0.25, -0.2) is 4.98 Å². The van der Waals surface area contributed by atoms with Crippen molar-refractivity contribution in [2.75, 3.05) is 5.73 Å². The van der Waals surface area contributed by atoms with E-state index in [2.05, 4.69) is 42.2 Å². The second-order valence-electron chi connectivity index (χ2n) is 4.00. The minimum atomic E-state index is 0.592. The van der Waals surface area contributed by atoms with Gasteiger partial charge in [-0.1, -0.05) is 31.2 Å². The lowest BCUT2D eigenvalue weighted by atomic mass is 10.0. The summed E-state index contributed by atoms with van der Waals surface area (Å²) in [6.07, 6.45) is 2.85. The fourth-order valence-corrected chi connectivity index (χ4v) is 1.73. The van der Waals surface area contributed by atoms with Crippen LogP contribution in [0.25, 0.3) is 11.1 Å². The second kappa shape index (κ2) is 4.35. The summed E-state index contributed by atoms with van der Waals surface area (Å²) in [5.74, 6) is 0.592. The van der Waals surface area contributed by atoms with E-state index in [-0.39, 0.29) is 0 Å². The first-order valence-electron chi connectivity index (χ1n) is 5.52. The van der Waals surface area contributed by atoms with Gasteiger partial charge in [-0.15, -0.1) is 0 Å². The van der Waals surface area contributed by atoms with Gasteiger partial charge in [0.1, 0.15) is 5.82 Å². The Hall–Kier alpha value is -1.83. The van der Waals surface area contributed by atoms with Crippen LogP contribution >= 0.6 is 0 Å². The minimum Gasteiger partial charge on any atom is -0.383 e. The number of pyridine rings is 1. The molecule has 82 valence electrons. The van der Waals surface area contributed by atoms with Crippen LogP contribution in [0.15, 0.2) is 36.5 Å². The Labute approximate surface area is 96.1 Å². The third kappa shape index (κ3) is 2.06. The van der Waals surface area contributed by atoms with Crippen LogP contribution in [0.4, 0.5) is 5.82 Å². The Morgan fingerprint density at radius 2 is 1.88 bits per heavy atom. The molecule has 1 heterocycles. The number of aromatic nitrogens is 1. The first kappa shape index (κ1) is 10.7. The van der Waals surface area contributed by atoms with Crippen molar-refractivity contribution in [3.8, 4) is 11.1 Å². The van der Waals surface area contributed by atoms with Crippen molar-refractivity contribution in [1.29, 1.82) is 0 Å². The number of hydrogen-bond donors (Lipinski definition) is 1. The molecule has 2 heteroatoms. The number of aryl methyl sites for hydroxylation is 2. The average molecular weight is 212 g/mol. The molecule has 0 amide bonds. The maximum Gasteiger partial charge on any atom is 0.131 e. The summed E-state index contributed by atoms with van der Waals surface area (Å²) in [6.45, 7) is 4.17. The molecule has 0 saturated heterocycles. The van der Waals surface area contributed by atoms with Crippen LogP contribution in [0.1, 0.15) is 18.1 Å². The molecule has 0 spiro atoms. The van der Waals surface area contributed by atoms with Crippen LogP contribution in [-0.4, -0.2) is 4.98 Å². The van der Waals surface area contributed by atoms with Crippen molar-refractivity contribution in [2.45, 2.75) is 20.3 Å². The van der Waals surface area contributed by atoms with E-state index in [1.54, 1.807) is 6.20 Å². The van der Waals surface area contributed by atoms with Crippen LogP contribution < -0.4 is 5.73 Å². The monoisotopic (exact) mass is 212 g/mol. The molecule has 2 N–H and O–H groups in total. The van der Waals surface area contributed by atoms with E-state index in [1.807, 2.05) is 6.92 Å². The van der Waals surface area contributed by atoms with Crippen molar-refractivity contribution >= 4 is 5.82 Å². The summed E-state index contributed by atoms with van der Waals surface area (Å²) >= 11 is 0. The molecule has 0 aliphatic rings. The van der Waals surface area contributed by atoms with Gasteiger partial charge in [0.25, 0.3) is 0 Å². The van der Waals surface area contributed by atoms with Gasteiger partial charge in [0.05, 0.1) is 0 Å². The summed E-state index contributed by atoms with van der Waals surface area (Å²) in [7, 11) is 0. The predicted molar refractivity (Wildman–Crippen MR) is 68.2 cm³/mol. The number of nitrogens with zero attached hydrogens (tertiary/aromatic N) is 1. The highest BCUT2D eigenvalue weighted by Crippen LogP contribution is 2.25. The number of anilines is 1. The lowest BCUT2D eigenvalue weighted by Crippen LogP contribution is -1.94. The first-order valence-corrected chi connectivity index (χ1v) is 5.52.